The van der Waals surface area contributed by atoms with Crippen molar-refractivity contribution in [2.45, 2.75) is 25.7 Å². The molecule has 6 rings (SSSR count). The van der Waals surface area contributed by atoms with Gasteiger partial charge in [-0.1, -0.05) is 103 Å². The molecule has 0 saturated carbocycles. The molecule has 1 N–H and O–H groups in total. The van der Waals surface area contributed by atoms with Crippen LogP contribution in [0.15, 0.2) is 114 Å². The molecule has 0 amide bonds. The van der Waals surface area contributed by atoms with E-state index in [2.05, 4.69) is 127 Å². The van der Waals surface area contributed by atoms with Crippen molar-refractivity contribution < 1.29 is 0 Å². The SMILES string of the molecule is Cc1ccc2cccc(C3=CCC(C4NC(c5ccccc5)=NC(c5ccccc5)N4C)C=C3)c2n1. The summed E-state index contributed by atoms with van der Waals surface area (Å²) in [4.78, 5) is 12.3. The lowest BCUT2D eigenvalue weighted by Crippen LogP contribution is -2.55. The Morgan fingerprint density at radius 2 is 1.64 bits per heavy atom. The van der Waals surface area contributed by atoms with Gasteiger partial charge in [-0.05, 0) is 37.6 Å². The van der Waals surface area contributed by atoms with Crippen LogP contribution in [0.5, 0.6) is 0 Å². The molecule has 36 heavy (non-hydrogen) atoms. The van der Waals surface area contributed by atoms with Gasteiger partial charge in [0, 0.05) is 28.1 Å². The molecule has 3 aromatic carbocycles. The second-order valence-electron chi connectivity index (χ2n) is 9.63. The molecule has 1 aromatic heterocycles. The first kappa shape index (κ1) is 22.4. The summed E-state index contributed by atoms with van der Waals surface area (Å²) < 4.78 is 0. The molecular weight excluding hydrogens is 440 g/mol. The van der Waals surface area contributed by atoms with Gasteiger partial charge in [-0.15, -0.1) is 0 Å². The number of nitrogens with one attached hydrogen (secondary N) is 1. The van der Waals surface area contributed by atoms with E-state index in [1.54, 1.807) is 0 Å². The highest BCUT2D eigenvalue weighted by molar-refractivity contribution is 5.99. The first-order valence-corrected chi connectivity index (χ1v) is 12.6. The van der Waals surface area contributed by atoms with Crippen LogP contribution < -0.4 is 5.32 Å². The van der Waals surface area contributed by atoms with E-state index in [-0.39, 0.29) is 12.3 Å². The highest BCUT2D eigenvalue weighted by atomic mass is 15.4. The lowest BCUT2D eigenvalue weighted by molar-refractivity contribution is 0.118. The quantitative estimate of drug-likeness (QED) is 0.370. The van der Waals surface area contributed by atoms with Crippen molar-refractivity contribution in [2.24, 2.45) is 10.9 Å². The second-order valence-corrected chi connectivity index (χ2v) is 9.63. The Bertz CT molecular complexity index is 1470. The number of hydrogen-bond acceptors (Lipinski definition) is 4. The summed E-state index contributed by atoms with van der Waals surface area (Å²) >= 11 is 0. The van der Waals surface area contributed by atoms with Crippen LogP contribution in [0.2, 0.25) is 0 Å². The number of rotatable bonds is 4. The largest absolute Gasteiger partial charge is 0.354 e. The number of aliphatic imine (C=N–C) groups is 1. The number of hydrogen-bond donors (Lipinski definition) is 1. The number of fused-ring (bicyclic) bond motifs is 1. The van der Waals surface area contributed by atoms with Gasteiger partial charge in [0.2, 0.25) is 0 Å². The molecule has 1 aliphatic carbocycles. The zero-order valence-corrected chi connectivity index (χ0v) is 20.7. The third kappa shape index (κ3) is 4.25. The molecule has 4 aromatic rings. The van der Waals surface area contributed by atoms with Gasteiger partial charge in [0.05, 0.1) is 11.7 Å². The van der Waals surface area contributed by atoms with E-state index in [0.29, 0.717) is 5.92 Å². The van der Waals surface area contributed by atoms with Crippen LogP contribution in [0.4, 0.5) is 0 Å². The minimum atomic E-state index is -0.0447. The Hall–Kier alpha value is -4.02. The Kier molecular flexibility index (Phi) is 5.96. The van der Waals surface area contributed by atoms with Crippen LogP contribution in [-0.2, 0) is 0 Å². The molecule has 2 heterocycles. The monoisotopic (exact) mass is 470 g/mol. The lowest BCUT2D eigenvalue weighted by atomic mass is 9.89. The van der Waals surface area contributed by atoms with Crippen molar-refractivity contribution in [3.05, 3.63) is 132 Å². The van der Waals surface area contributed by atoms with Crippen LogP contribution >= 0.6 is 0 Å². The van der Waals surface area contributed by atoms with Crippen molar-refractivity contribution in [2.75, 3.05) is 7.05 Å². The summed E-state index contributed by atoms with van der Waals surface area (Å²) in [6, 6.07) is 31.7. The van der Waals surface area contributed by atoms with Crippen molar-refractivity contribution in [3.63, 3.8) is 0 Å². The molecule has 0 saturated heterocycles. The number of aromatic nitrogens is 1. The van der Waals surface area contributed by atoms with Gasteiger partial charge in [0.15, 0.2) is 0 Å². The van der Waals surface area contributed by atoms with Crippen LogP contribution in [0.25, 0.3) is 16.5 Å². The summed E-state index contributed by atoms with van der Waals surface area (Å²) in [6.07, 6.45) is 8.01. The van der Waals surface area contributed by atoms with E-state index in [9.17, 15) is 0 Å². The van der Waals surface area contributed by atoms with E-state index in [4.69, 9.17) is 9.98 Å². The summed E-state index contributed by atoms with van der Waals surface area (Å²) in [5.74, 6) is 1.26. The molecule has 3 unspecified atom stereocenters. The molecule has 1 aliphatic heterocycles. The van der Waals surface area contributed by atoms with Gasteiger partial charge in [-0.25, -0.2) is 4.99 Å². The molecule has 0 bridgehead atoms. The van der Waals surface area contributed by atoms with Gasteiger partial charge < -0.3 is 5.32 Å². The fourth-order valence-corrected chi connectivity index (χ4v) is 5.29. The van der Waals surface area contributed by atoms with Gasteiger partial charge in [0.25, 0.3) is 0 Å². The highest BCUT2D eigenvalue weighted by Gasteiger charge is 2.34. The second kappa shape index (κ2) is 9.56. The minimum Gasteiger partial charge on any atom is -0.354 e. The third-order valence-electron chi connectivity index (χ3n) is 7.21. The minimum absolute atomic E-state index is 0.0447. The predicted molar refractivity (Wildman–Crippen MR) is 149 cm³/mol. The van der Waals surface area contributed by atoms with Crippen molar-refractivity contribution in [1.29, 1.82) is 0 Å². The fraction of sp³-hybridized carbons (Fsp3) is 0.188. The molecule has 0 spiro atoms. The topological polar surface area (TPSA) is 40.5 Å². The van der Waals surface area contributed by atoms with Gasteiger partial charge in [-0.3, -0.25) is 9.88 Å². The van der Waals surface area contributed by atoms with Gasteiger partial charge >= 0.3 is 0 Å². The Morgan fingerprint density at radius 3 is 2.39 bits per heavy atom. The summed E-state index contributed by atoms with van der Waals surface area (Å²) in [5.41, 5.74) is 6.87. The first-order chi connectivity index (χ1) is 17.7. The number of amidine groups is 1. The van der Waals surface area contributed by atoms with Crippen molar-refractivity contribution >= 4 is 22.3 Å². The standard InChI is InChI=1S/C32H30N4/c1-22-16-17-24-14-9-15-28(29(24)33-22)23-18-20-27(21-19-23)32-35-30(25-10-5-3-6-11-25)34-31(36(32)2)26-12-7-4-8-13-26/h3-20,27,31-32H,21H2,1-2H3,(H,34,35). The number of benzene rings is 3. The van der Waals surface area contributed by atoms with Crippen LogP contribution in [0, 0.1) is 12.8 Å². The van der Waals surface area contributed by atoms with Crippen LogP contribution in [-0.4, -0.2) is 28.9 Å². The Balaban J connectivity index is 1.31. The average molecular weight is 471 g/mol. The lowest BCUT2D eigenvalue weighted by Gasteiger charge is -2.42. The Labute approximate surface area is 212 Å². The smallest absolute Gasteiger partial charge is 0.131 e. The number of para-hydroxylation sites is 1. The Morgan fingerprint density at radius 1 is 0.861 bits per heavy atom. The maximum atomic E-state index is 5.14. The zero-order valence-electron chi connectivity index (χ0n) is 20.7. The van der Waals surface area contributed by atoms with Gasteiger partial charge in [0.1, 0.15) is 12.0 Å². The first-order valence-electron chi connectivity index (χ1n) is 12.6. The maximum Gasteiger partial charge on any atom is 0.131 e. The van der Waals surface area contributed by atoms with E-state index < -0.39 is 0 Å². The fourth-order valence-electron chi connectivity index (χ4n) is 5.29. The molecule has 0 radical (unpaired) electrons. The molecule has 178 valence electrons. The summed E-state index contributed by atoms with van der Waals surface area (Å²) in [7, 11) is 2.17. The van der Waals surface area contributed by atoms with Gasteiger partial charge in [-0.2, -0.15) is 0 Å². The molecular formula is C32H30N4. The third-order valence-corrected chi connectivity index (χ3v) is 7.21. The maximum absolute atomic E-state index is 5.14. The summed E-state index contributed by atoms with van der Waals surface area (Å²) in [6.45, 7) is 2.05. The summed E-state index contributed by atoms with van der Waals surface area (Å²) in [5, 5.41) is 4.94. The molecule has 4 heteroatoms. The number of pyridine rings is 1. The predicted octanol–water partition coefficient (Wildman–Crippen LogP) is 6.51. The van der Waals surface area contributed by atoms with E-state index in [1.165, 1.54) is 22.1 Å². The highest BCUT2D eigenvalue weighted by Crippen LogP contribution is 2.34. The molecule has 4 nitrogen and oxygen atoms in total. The molecule has 2 aliphatic rings. The normalized spacial score (nSPS) is 22.1. The average Bonchev–Trinajstić information content (AvgIpc) is 2.94. The number of nitrogens with zero attached hydrogens (tertiary/aromatic N) is 3. The van der Waals surface area contributed by atoms with E-state index in [0.717, 1.165) is 29.0 Å². The van der Waals surface area contributed by atoms with E-state index in [1.807, 2.05) is 6.07 Å². The van der Waals surface area contributed by atoms with Crippen molar-refractivity contribution in [3.8, 4) is 0 Å². The molecule has 0 fully saturated rings. The van der Waals surface area contributed by atoms with Crippen molar-refractivity contribution in [1.82, 2.24) is 15.2 Å². The number of aryl methyl sites for hydroxylation is 1. The van der Waals surface area contributed by atoms with Crippen LogP contribution in [0.3, 0.4) is 0 Å². The van der Waals surface area contributed by atoms with E-state index >= 15 is 0 Å². The zero-order chi connectivity index (χ0) is 24.5. The number of allylic oxidation sites excluding steroid dienone is 3. The van der Waals surface area contributed by atoms with Crippen LogP contribution in [0.1, 0.15) is 35.0 Å². The molecule has 3 atom stereocenters.